The molecule has 0 saturated heterocycles. The molecule has 1 atom stereocenters. The predicted molar refractivity (Wildman–Crippen MR) is 104 cm³/mol. The standard InChI is InChI=1S/C17H23N5O3S2/c1-4-6-15-20-16(25-21-15)11(3)26-17-19-13-10-12(27(18,23)24)7-8-14(13)22(17)9-5-2/h7-8,10-11H,4-6,9H2,1-3H3,(H2,18,23,24). The molecule has 146 valence electrons. The zero-order valence-electron chi connectivity index (χ0n) is 15.5. The van der Waals surface area contributed by atoms with Gasteiger partial charge in [-0.25, -0.2) is 18.5 Å². The van der Waals surface area contributed by atoms with Crippen LogP contribution in [-0.4, -0.2) is 28.1 Å². The largest absolute Gasteiger partial charge is 0.338 e. The van der Waals surface area contributed by atoms with Crippen LogP contribution in [0.4, 0.5) is 0 Å². The summed E-state index contributed by atoms with van der Waals surface area (Å²) in [4.78, 5) is 9.13. The zero-order valence-corrected chi connectivity index (χ0v) is 17.2. The summed E-state index contributed by atoms with van der Waals surface area (Å²) in [5.41, 5.74) is 1.47. The van der Waals surface area contributed by atoms with Crippen molar-refractivity contribution in [2.45, 2.75) is 61.9 Å². The molecular weight excluding hydrogens is 386 g/mol. The van der Waals surface area contributed by atoms with Gasteiger partial charge in [0.15, 0.2) is 11.0 Å². The van der Waals surface area contributed by atoms with Gasteiger partial charge in [0, 0.05) is 13.0 Å². The molecule has 1 unspecified atom stereocenters. The first-order valence-corrected chi connectivity index (χ1v) is 11.3. The van der Waals surface area contributed by atoms with E-state index in [1.165, 1.54) is 23.9 Å². The molecule has 0 aliphatic rings. The summed E-state index contributed by atoms with van der Waals surface area (Å²) in [5.74, 6) is 1.27. The van der Waals surface area contributed by atoms with Crippen molar-refractivity contribution in [2.24, 2.45) is 5.14 Å². The van der Waals surface area contributed by atoms with Crippen molar-refractivity contribution < 1.29 is 12.9 Å². The van der Waals surface area contributed by atoms with Crippen LogP contribution < -0.4 is 5.14 Å². The van der Waals surface area contributed by atoms with E-state index in [2.05, 4.69) is 33.5 Å². The molecular formula is C17H23N5O3S2. The van der Waals surface area contributed by atoms with Crippen LogP contribution in [0.15, 0.2) is 32.8 Å². The second-order valence-electron chi connectivity index (χ2n) is 6.30. The van der Waals surface area contributed by atoms with Gasteiger partial charge in [-0.15, -0.1) is 0 Å². The monoisotopic (exact) mass is 409 g/mol. The molecule has 0 radical (unpaired) electrons. The Hall–Kier alpha value is -1.91. The van der Waals surface area contributed by atoms with E-state index in [0.717, 1.165) is 36.5 Å². The van der Waals surface area contributed by atoms with Crippen molar-refractivity contribution >= 4 is 32.8 Å². The number of hydrogen-bond acceptors (Lipinski definition) is 7. The number of primary sulfonamides is 1. The molecule has 1 aromatic carbocycles. The molecule has 0 bridgehead atoms. The molecule has 3 rings (SSSR count). The Balaban J connectivity index is 1.95. The highest BCUT2D eigenvalue weighted by Gasteiger charge is 2.21. The first kappa shape index (κ1) is 19.8. The minimum absolute atomic E-state index is 0.0573. The van der Waals surface area contributed by atoms with Gasteiger partial charge in [0.1, 0.15) is 0 Å². The van der Waals surface area contributed by atoms with E-state index in [1.54, 1.807) is 6.07 Å². The van der Waals surface area contributed by atoms with Crippen molar-refractivity contribution in [3.05, 3.63) is 29.9 Å². The third-order valence-electron chi connectivity index (χ3n) is 4.05. The average Bonchev–Trinajstić information content (AvgIpc) is 3.20. The van der Waals surface area contributed by atoms with Crippen LogP contribution in [-0.2, 0) is 23.0 Å². The number of thioether (sulfide) groups is 1. The molecule has 8 nitrogen and oxygen atoms in total. The minimum Gasteiger partial charge on any atom is -0.338 e. The number of aromatic nitrogens is 4. The maximum Gasteiger partial charge on any atom is 0.239 e. The molecule has 0 saturated carbocycles. The van der Waals surface area contributed by atoms with Crippen LogP contribution in [0.5, 0.6) is 0 Å². The number of benzene rings is 1. The minimum atomic E-state index is -3.77. The van der Waals surface area contributed by atoms with Gasteiger partial charge in [-0.05, 0) is 38.0 Å². The van der Waals surface area contributed by atoms with Gasteiger partial charge in [0.25, 0.3) is 0 Å². The molecule has 0 amide bonds. The number of rotatable bonds is 8. The van der Waals surface area contributed by atoms with Crippen LogP contribution in [0.1, 0.15) is 50.6 Å². The highest BCUT2D eigenvalue weighted by atomic mass is 32.2. The molecule has 0 fully saturated rings. The summed E-state index contributed by atoms with van der Waals surface area (Å²) >= 11 is 1.51. The average molecular weight is 410 g/mol. The van der Waals surface area contributed by atoms with Gasteiger partial charge in [0.2, 0.25) is 15.9 Å². The summed E-state index contributed by atoms with van der Waals surface area (Å²) < 4.78 is 30.7. The zero-order chi connectivity index (χ0) is 19.6. The van der Waals surface area contributed by atoms with E-state index in [-0.39, 0.29) is 10.1 Å². The lowest BCUT2D eigenvalue weighted by Crippen LogP contribution is -2.11. The fourth-order valence-corrected chi connectivity index (χ4v) is 4.27. The number of imidazole rings is 1. The van der Waals surface area contributed by atoms with Gasteiger partial charge in [0.05, 0.1) is 21.2 Å². The Morgan fingerprint density at radius 1 is 1.26 bits per heavy atom. The molecule has 2 aromatic heterocycles. The maximum atomic E-state index is 11.6. The van der Waals surface area contributed by atoms with E-state index < -0.39 is 10.0 Å². The van der Waals surface area contributed by atoms with Crippen LogP contribution in [0, 0.1) is 0 Å². The number of fused-ring (bicyclic) bond motifs is 1. The van der Waals surface area contributed by atoms with E-state index in [9.17, 15) is 8.42 Å². The van der Waals surface area contributed by atoms with Gasteiger partial charge >= 0.3 is 0 Å². The number of sulfonamides is 1. The van der Waals surface area contributed by atoms with Crippen LogP contribution in [0.2, 0.25) is 0 Å². The van der Waals surface area contributed by atoms with E-state index in [1.807, 2.05) is 6.92 Å². The van der Waals surface area contributed by atoms with Gasteiger partial charge < -0.3 is 9.09 Å². The highest BCUT2D eigenvalue weighted by Crippen LogP contribution is 2.35. The molecule has 10 heteroatoms. The van der Waals surface area contributed by atoms with E-state index in [4.69, 9.17) is 9.66 Å². The Bertz CT molecular complexity index is 1040. The fourth-order valence-electron chi connectivity index (χ4n) is 2.76. The Morgan fingerprint density at radius 2 is 2.04 bits per heavy atom. The van der Waals surface area contributed by atoms with Crippen molar-refractivity contribution in [3.8, 4) is 0 Å². The quantitative estimate of drug-likeness (QED) is 0.567. The lowest BCUT2D eigenvalue weighted by molar-refractivity contribution is 0.374. The topological polar surface area (TPSA) is 117 Å². The normalized spacial score (nSPS) is 13.3. The van der Waals surface area contributed by atoms with Crippen LogP contribution in [0.3, 0.4) is 0 Å². The SMILES string of the molecule is CCCc1noc(C(C)Sc2nc3cc(S(N)(=O)=O)ccc3n2CCC)n1. The third kappa shape index (κ3) is 4.33. The van der Waals surface area contributed by atoms with Gasteiger partial charge in [-0.2, -0.15) is 4.98 Å². The Morgan fingerprint density at radius 3 is 2.70 bits per heavy atom. The lowest BCUT2D eigenvalue weighted by Gasteiger charge is -2.09. The number of aryl methyl sites for hydroxylation is 2. The number of hydrogen-bond donors (Lipinski definition) is 1. The van der Waals surface area contributed by atoms with Gasteiger partial charge in [-0.1, -0.05) is 30.8 Å². The molecule has 2 N–H and O–H groups in total. The van der Waals surface area contributed by atoms with E-state index >= 15 is 0 Å². The smallest absolute Gasteiger partial charge is 0.239 e. The molecule has 2 heterocycles. The maximum absolute atomic E-state index is 11.6. The lowest BCUT2D eigenvalue weighted by atomic mass is 10.3. The molecule has 0 aliphatic carbocycles. The number of nitrogens with two attached hydrogens (primary N) is 1. The summed E-state index contributed by atoms with van der Waals surface area (Å²) in [6, 6.07) is 4.77. The first-order valence-electron chi connectivity index (χ1n) is 8.85. The van der Waals surface area contributed by atoms with Crippen LogP contribution in [0.25, 0.3) is 11.0 Å². The summed E-state index contributed by atoms with van der Waals surface area (Å²) in [6.07, 6.45) is 2.66. The van der Waals surface area contributed by atoms with Crippen molar-refractivity contribution in [2.75, 3.05) is 0 Å². The van der Waals surface area contributed by atoms with Crippen molar-refractivity contribution in [3.63, 3.8) is 0 Å². The Labute approximate surface area is 162 Å². The molecule has 0 spiro atoms. The first-order chi connectivity index (χ1) is 12.8. The number of nitrogens with zero attached hydrogens (tertiary/aromatic N) is 4. The second kappa shape index (κ2) is 7.99. The predicted octanol–water partition coefficient (Wildman–Crippen LogP) is 3.28. The Kier molecular flexibility index (Phi) is 5.87. The van der Waals surface area contributed by atoms with Crippen LogP contribution >= 0.6 is 11.8 Å². The third-order valence-corrected chi connectivity index (χ3v) is 6.04. The van der Waals surface area contributed by atoms with Gasteiger partial charge in [-0.3, -0.25) is 0 Å². The summed E-state index contributed by atoms with van der Waals surface area (Å²) in [6.45, 7) is 6.90. The van der Waals surface area contributed by atoms with E-state index in [0.29, 0.717) is 17.2 Å². The highest BCUT2D eigenvalue weighted by molar-refractivity contribution is 7.99. The molecule has 27 heavy (non-hydrogen) atoms. The summed E-state index contributed by atoms with van der Waals surface area (Å²) in [7, 11) is -3.77. The van der Waals surface area contributed by atoms with Crippen molar-refractivity contribution in [1.29, 1.82) is 0 Å². The molecule has 3 aromatic rings. The second-order valence-corrected chi connectivity index (χ2v) is 9.17. The summed E-state index contributed by atoms with van der Waals surface area (Å²) in [5, 5.41) is 9.94. The fraction of sp³-hybridized carbons (Fsp3) is 0.471. The van der Waals surface area contributed by atoms with Crippen molar-refractivity contribution in [1.82, 2.24) is 19.7 Å². The molecule has 0 aliphatic heterocycles.